The molecule has 0 amide bonds. The topological polar surface area (TPSA) is 42.3 Å². The van der Waals surface area contributed by atoms with Crippen LogP contribution in [0, 0.1) is 6.92 Å². The molecule has 1 aliphatic heterocycles. The van der Waals surface area contributed by atoms with Gasteiger partial charge in [0.25, 0.3) is 0 Å². The molecule has 5 heteroatoms. The van der Waals surface area contributed by atoms with Gasteiger partial charge in [0, 0.05) is 31.5 Å². The van der Waals surface area contributed by atoms with Gasteiger partial charge in [-0.05, 0) is 44.0 Å². The molecule has 0 bridgehead atoms. The summed E-state index contributed by atoms with van der Waals surface area (Å²) in [5, 5.41) is 0. The van der Waals surface area contributed by atoms with Crippen LogP contribution in [-0.2, 0) is 10.0 Å². The highest BCUT2D eigenvalue weighted by molar-refractivity contribution is 7.89. The Morgan fingerprint density at radius 2 is 1.76 bits per heavy atom. The van der Waals surface area contributed by atoms with Gasteiger partial charge in [-0.3, -0.25) is 0 Å². The van der Waals surface area contributed by atoms with Crippen LogP contribution in [0.4, 0.5) is 0 Å². The first-order chi connectivity index (χ1) is 10.1. The highest BCUT2D eigenvalue weighted by Gasteiger charge is 2.30. The number of piperidine rings is 1. The van der Waals surface area contributed by atoms with Gasteiger partial charge in [0.1, 0.15) is 0 Å². The van der Waals surface area contributed by atoms with E-state index >= 15 is 0 Å². The molecule has 0 saturated carbocycles. The molecule has 2 aromatic rings. The van der Waals surface area contributed by atoms with E-state index in [1.807, 2.05) is 43.6 Å². The minimum Gasteiger partial charge on any atom is -0.350 e. The van der Waals surface area contributed by atoms with Crippen LogP contribution in [0.1, 0.15) is 24.4 Å². The van der Waals surface area contributed by atoms with Crippen molar-refractivity contribution >= 4 is 10.0 Å². The van der Waals surface area contributed by atoms with Crippen molar-refractivity contribution in [2.45, 2.75) is 30.7 Å². The maximum atomic E-state index is 12.7. The molecular weight excluding hydrogens is 284 g/mol. The van der Waals surface area contributed by atoms with Crippen LogP contribution in [0.3, 0.4) is 0 Å². The predicted octanol–water partition coefficient (Wildman–Crippen LogP) is 2.82. The average molecular weight is 304 g/mol. The SMILES string of the molecule is Cc1ccc(S(=O)(=O)N2CCCC(n3cccc3)C2)cc1. The van der Waals surface area contributed by atoms with Gasteiger partial charge in [-0.2, -0.15) is 4.31 Å². The lowest BCUT2D eigenvalue weighted by Gasteiger charge is -2.32. The van der Waals surface area contributed by atoms with E-state index in [4.69, 9.17) is 0 Å². The molecule has 0 aliphatic carbocycles. The highest BCUT2D eigenvalue weighted by atomic mass is 32.2. The lowest BCUT2D eigenvalue weighted by Crippen LogP contribution is -2.40. The summed E-state index contributed by atoms with van der Waals surface area (Å²) >= 11 is 0. The van der Waals surface area contributed by atoms with E-state index in [1.165, 1.54) is 0 Å². The first kappa shape index (κ1) is 14.4. The second kappa shape index (κ2) is 5.66. The van der Waals surface area contributed by atoms with Gasteiger partial charge in [-0.1, -0.05) is 17.7 Å². The van der Waals surface area contributed by atoms with Crippen molar-refractivity contribution in [3.8, 4) is 0 Å². The lowest BCUT2D eigenvalue weighted by molar-refractivity contribution is 0.267. The molecule has 0 radical (unpaired) electrons. The Hall–Kier alpha value is -1.59. The van der Waals surface area contributed by atoms with Crippen LogP contribution in [0.25, 0.3) is 0 Å². The summed E-state index contributed by atoms with van der Waals surface area (Å²) in [6.07, 6.45) is 5.93. The van der Waals surface area contributed by atoms with Crippen LogP contribution >= 0.6 is 0 Å². The Morgan fingerprint density at radius 1 is 1.10 bits per heavy atom. The molecule has 1 aromatic heterocycles. The maximum absolute atomic E-state index is 12.7. The molecule has 1 unspecified atom stereocenters. The van der Waals surface area contributed by atoms with E-state index in [2.05, 4.69) is 4.57 Å². The molecule has 1 saturated heterocycles. The number of hydrogen-bond donors (Lipinski definition) is 0. The minimum absolute atomic E-state index is 0.231. The number of sulfonamides is 1. The standard InChI is InChI=1S/C16H20N2O2S/c1-14-6-8-16(9-7-14)21(19,20)18-12-4-5-15(13-18)17-10-2-3-11-17/h2-3,6-11,15H,4-5,12-13H2,1H3. The molecule has 1 aliphatic rings. The van der Waals surface area contributed by atoms with E-state index in [1.54, 1.807) is 16.4 Å². The van der Waals surface area contributed by atoms with E-state index in [0.29, 0.717) is 18.0 Å². The van der Waals surface area contributed by atoms with Gasteiger partial charge >= 0.3 is 0 Å². The summed E-state index contributed by atoms with van der Waals surface area (Å²) in [6.45, 7) is 3.11. The molecule has 2 heterocycles. The number of hydrogen-bond acceptors (Lipinski definition) is 2. The monoisotopic (exact) mass is 304 g/mol. The van der Waals surface area contributed by atoms with Crippen molar-refractivity contribution < 1.29 is 8.42 Å². The second-order valence-corrected chi connectivity index (χ2v) is 7.54. The van der Waals surface area contributed by atoms with Crippen LogP contribution in [0.5, 0.6) is 0 Å². The molecule has 21 heavy (non-hydrogen) atoms. The first-order valence-electron chi connectivity index (χ1n) is 7.26. The molecule has 1 atom stereocenters. The average Bonchev–Trinajstić information content (AvgIpc) is 3.02. The van der Waals surface area contributed by atoms with Gasteiger partial charge in [0.15, 0.2) is 0 Å². The van der Waals surface area contributed by atoms with Crippen LogP contribution < -0.4 is 0 Å². The molecule has 1 fully saturated rings. The van der Waals surface area contributed by atoms with Crippen LogP contribution in [0.15, 0.2) is 53.7 Å². The molecular formula is C16H20N2O2S. The summed E-state index contributed by atoms with van der Waals surface area (Å²) in [4.78, 5) is 0.390. The van der Waals surface area contributed by atoms with Crippen molar-refractivity contribution in [3.05, 3.63) is 54.4 Å². The van der Waals surface area contributed by atoms with Gasteiger partial charge in [-0.15, -0.1) is 0 Å². The number of nitrogens with zero attached hydrogens (tertiary/aromatic N) is 2. The van der Waals surface area contributed by atoms with E-state index in [9.17, 15) is 8.42 Å². The summed E-state index contributed by atoms with van der Waals surface area (Å²) < 4.78 is 29.2. The lowest BCUT2D eigenvalue weighted by atomic mass is 10.1. The zero-order valence-electron chi connectivity index (χ0n) is 12.1. The van der Waals surface area contributed by atoms with Gasteiger partial charge in [0.2, 0.25) is 10.0 Å². The fourth-order valence-corrected chi connectivity index (χ4v) is 4.35. The van der Waals surface area contributed by atoms with Gasteiger partial charge in [0.05, 0.1) is 4.90 Å². The molecule has 3 rings (SSSR count). The van der Waals surface area contributed by atoms with Crippen LogP contribution in [-0.4, -0.2) is 30.4 Å². The third-order valence-corrected chi connectivity index (χ3v) is 5.95. The predicted molar refractivity (Wildman–Crippen MR) is 82.6 cm³/mol. The van der Waals surface area contributed by atoms with Crippen molar-refractivity contribution in [2.75, 3.05) is 13.1 Å². The van der Waals surface area contributed by atoms with Gasteiger partial charge in [-0.25, -0.2) is 8.42 Å². The Balaban J connectivity index is 1.83. The molecule has 1 aromatic carbocycles. The highest BCUT2D eigenvalue weighted by Crippen LogP contribution is 2.26. The Kier molecular flexibility index (Phi) is 3.87. The minimum atomic E-state index is -3.38. The normalized spacial score (nSPS) is 20.5. The van der Waals surface area contributed by atoms with E-state index in [0.717, 1.165) is 18.4 Å². The quantitative estimate of drug-likeness (QED) is 0.875. The third kappa shape index (κ3) is 2.89. The first-order valence-corrected chi connectivity index (χ1v) is 8.71. The molecule has 112 valence electrons. The summed E-state index contributed by atoms with van der Waals surface area (Å²) in [6, 6.07) is 11.3. The summed E-state index contributed by atoms with van der Waals surface area (Å²) in [5.41, 5.74) is 1.07. The fourth-order valence-electron chi connectivity index (χ4n) is 2.83. The molecule has 0 N–H and O–H groups in total. The zero-order chi connectivity index (χ0) is 14.9. The van der Waals surface area contributed by atoms with Crippen molar-refractivity contribution in [1.82, 2.24) is 8.87 Å². The third-order valence-electron chi connectivity index (χ3n) is 4.07. The van der Waals surface area contributed by atoms with Crippen molar-refractivity contribution in [1.29, 1.82) is 0 Å². The Labute approximate surface area is 126 Å². The van der Waals surface area contributed by atoms with E-state index < -0.39 is 10.0 Å². The van der Waals surface area contributed by atoms with Crippen LogP contribution in [0.2, 0.25) is 0 Å². The Bertz CT molecular complexity index is 690. The van der Waals surface area contributed by atoms with Crippen molar-refractivity contribution in [2.24, 2.45) is 0 Å². The largest absolute Gasteiger partial charge is 0.350 e. The number of aromatic nitrogens is 1. The number of benzene rings is 1. The maximum Gasteiger partial charge on any atom is 0.243 e. The smallest absolute Gasteiger partial charge is 0.243 e. The second-order valence-electron chi connectivity index (χ2n) is 5.60. The number of rotatable bonds is 3. The number of aryl methyl sites for hydroxylation is 1. The Morgan fingerprint density at radius 3 is 2.43 bits per heavy atom. The van der Waals surface area contributed by atoms with E-state index in [-0.39, 0.29) is 6.04 Å². The summed E-state index contributed by atoms with van der Waals surface area (Å²) in [7, 11) is -3.38. The fraction of sp³-hybridized carbons (Fsp3) is 0.375. The summed E-state index contributed by atoms with van der Waals surface area (Å²) in [5.74, 6) is 0. The van der Waals surface area contributed by atoms with Crippen molar-refractivity contribution in [3.63, 3.8) is 0 Å². The van der Waals surface area contributed by atoms with Gasteiger partial charge < -0.3 is 4.57 Å². The molecule has 0 spiro atoms. The zero-order valence-corrected chi connectivity index (χ0v) is 13.0. The molecule has 4 nitrogen and oxygen atoms in total.